The van der Waals surface area contributed by atoms with Gasteiger partial charge in [0, 0.05) is 0 Å². The molecule has 0 fully saturated rings. The van der Waals surface area contributed by atoms with E-state index in [1.54, 1.807) is 36.4 Å². The van der Waals surface area contributed by atoms with Gasteiger partial charge in [-0.1, -0.05) is 12.1 Å². The SMILES string of the molecule is C[C@@H](NC(=O)COc1ccc(C#N)cc1)c1ccc(F)cc1. The average Bonchev–Trinajstić information content (AvgIpc) is 2.54. The standard InChI is InChI=1S/C17H15FN2O2/c1-12(14-4-6-15(18)7-5-14)20-17(21)11-22-16-8-2-13(10-19)3-9-16/h2-9,12H,11H2,1H3,(H,20,21)/t12-/m1/s1. The van der Waals surface area contributed by atoms with Crippen LogP contribution in [-0.4, -0.2) is 12.5 Å². The number of carbonyl (C=O) groups excluding carboxylic acids is 1. The van der Waals surface area contributed by atoms with Gasteiger partial charge in [-0.2, -0.15) is 5.26 Å². The summed E-state index contributed by atoms with van der Waals surface area (Å²) in [5, 5.41) is 11.5. The Balaban J connectivity index is 1.84. The molecule has 4 nitrogen and oxygen atoms in total. The molecule has 2 aromatic rings. The van der Waals surface area contributed by atoms with E-state index in [2.05, 4.69) is 5.32 Å². The minimum atomic E-state index is -0.313. The molecule has 0 aliphatic rings. The van der Waals surface area contributed by atoms with Gasteiger partial charge in [0.15, 0.2) is 6.61 Å². The average molecular weight is 298 g/mol. The number of ether oxygens (including phenoxy) is 1. The van der Waals surface area contributed by atoms with Crippen LogP contribution in [0.1, 0.15) is 24.1 Å². The summed E-state index contributed by atoms with van der Waals surface area (Å²) >= 11 is 0. The summed E-state index contributed by atoms with van der Waals surface area (Å²) in [6.07, 6.45) is 0. The van der Waals surface area contributed by atoms with E-state index in [-0.39, 0.29) is 24.4 Å². The van der Waals surface area contributed by atoms with Crippen molar-refractivity contribution in [1.29, 1.82) is 5.26 Å². The summed E-state index contributed by atoms with van der Waals surface area (Å²) in [4.78, 5) is 11.8. The lowest BCUT2D eigenvalue weighted by Crippen LogP contribution is -2.31. The first kappa shape index (κ1) is 15.5. The number of halogens is 1. The fourth-order valence-corrected chi connectivity index (χ4v) is 1.89. The number of nitrogens with one attached hydrogen (secondary N) is 1. The number of nitriles is 1. The quantitative estimate of drug-likeness (QED) is 0.923. The van der Waals surface area contributed by atoms with Crippen molar-refractivity contribution in [1.82, 2.24) is 5.32 Å². The van der Waals surface area contributed by atoms with E-state index in [0.29, 0.717) is 11.3 Å². The molecule has 0 radical (unpaired) electrons. The van der Waals surface area contributed by atoms with Crippen LogP contribution in [0.4, 0.5) is 4.39 Å². The van der Waals surface area contributed by atoms with Crippen LogP contribution in [0.15, 0.2) is 48.5 Å². The van der Waals surface area contributed by atoms with Gasteiger partial charge in [-0.25, -0.2) is 4.39 Å². The molecule has 1 N–H and O–H groups in total. The molecule has 112 valence electrons. The Morgan fingerprint density at radius 2 is 1.86 bits per heavy atom. The molecule has 0 spiro atoms. The van der Waals surface area contributed by atoms with Crippen LogP contribution in [0, 0.1) is 17.1 Å². The fraction of sp³-hybridized carbons (Fsp3) is 0.176. The summed E-state index contributed by atoms with van der Waals surface area (Å²) in [7, 11) is 0. The lowest BCUT2D eigenvalue weighted by molar-refractivity contribution is -0.123. The van der Waals surface area contributed by atoms with Gasteiger partial charge in [-0.15, -0.1) is 0 Å². The number of hydrogen-bond acceptors (Lipinski definition) is 3. The van der Waals surface area contributed by atoms with Crippen LogP contribution >= 0.6 is 0 Å². The summed E-state index contributed by atoms with van der Waals surface area (Å²) in [6, 6.07) is 14.2. The Kier molecular flexibility index (Phi) is 5.10. The third-order valence-electron chi connectivity index (χ3n) is 3.10. The second kappa shape index (κ2) is 7.23. The number of rotatable bonds is 5. The zero-order valence-corrected chi connectivity index (χ0v) is 12.0. The minimum Gasteiger partial charge on any atom is -0.484 e. The van der Waals surface area contributed by atoms with Crippen molar-refractivity contribution < 1.29 is 13.9 Å². The van der Waals surface area contributed by atoms with E-state index in [0.717, 1.165) is 5.56 Å². The molecular weight excluding hydrogens is 283 g/mol. The third-order valence-corrected chi connectivity index (χ3v) is 3.10. The molecule has 0 unspecified atom stereocenters. The summed E-state index contributed by atoms with van der Waals surface area (Å²) < 4.78 is 18.2. The maximum atomic E-state index is 12.8. The molecule has 22 heavy (non-hydrogen) atoms. The van der Waals surface area contributed by atoms with Gasteiger partial charge in [-0.05, 0) is 48.9 Å². The Morgan fingerprint density at radius 3 is 2.45 bits per heavy atom. The molecule has 0 aromatic heterocycles. The van der Waals surface area contributed by atoms with Crippen LogP contribution in [0.3, 0.4) is 0 Å². The van der Waals surface area contributed by atoms with Crippen LogP contribution in [0.2, 0.25) is 0 Å². The van der Waals surface area contributed by atoms with Crippen molar-refractivity contribution in [3.8, 4) is 11.8 Å². The first-order valence-corrected chi connectivity index (χ1v) is 6.76. The maximum absolute atomic E-state index is 12.8. The molecule has 0 aliphatic carbocycles. The summed E-state index contributed by atoms with van der Waals surface area (Å²) in [6.45, 7) is 1.68. The molecule has 0 saturated carbocycles. The molecule has 5 heteroatoms. The van der Waals surface area contributed by atoms with Gasteiger partial charge >= 0.3 is 0 Å². The van der Waals surface area contributed by atoms with Crippen molar-refractivity contribution in [2.75, 3.05) is 6.61 Å². The smallest absolute Gasteiger partial charge is 0.258 e. The summed E-state index contributed by atoms with van der Waals surface area (Å²) in [5.41, 5.74) is 1.34. The topological polar surface area (TPSA) is 62.1 Å². The normalized spacial score (nSPS) is 11.3. The maximum Gasteiger partial charge on any atom is 0.258 e. The van der Waals surface area contributed by atoms with Crippen LogP contribution in [0.25, 0.3) is 0 Å². The molecule has 1 atom stereocenters. The summed E-state index contributed by atoms with van der Waals surface area (Å²) in [5.74, 6) is -0.0730. The van der Waals surface area contributed by atoms with E-state index in [1.807, 2.05) is 13.0 Å². The van der Waals surface area contributed by atoms with Crippen molar-refractivity contribution in [3.63, 3.8) is 0 Å². The number of nitrogens with zero attached hydrogens (tertiary/aromatic N) is 1. The highest BCUT2D eigenvalue weighted by Gasteiger charge is 2.10. The van der Waals surface area contributed by atoms with Gasteiger partial charge in [0.05, 0.1) is 17.7 Å². The number of carbonyl (C=O) groups is 1. The van der Waals surface area contributed by atoms with E-state index in [4.69, 9.17) is 10.00 Å². The highest BCUT2D eigenvalue weighted by molar-refractivity contribution is 5.78. The molecule has 2 aromatic carbocycles. The highest BCUT2D eigenvalue weighted by Crippen LogP contribution is 2.14. The molecular formula is C17H15FN2O2. The fourth-order valence-electron chi connectivity index (χ4n) is 1.89. The van der Waals surface area contributed by atoms with Gasteiger partial charge in [0.25, 0.3) is 5.91 Å². The van der Waals surface area contributed by atoms with Crippen LogP contribution in [0.5, 0.6) is 5.75 Å². The zero-order valence-electron chi connectivity index (χ0n) is 12.0. The van der Waals surface area contributed by atoms with Gasteiger partial charge in [0.2, 0.25) is 0 Å². The predicted molar refractivity (Wildman–Crippen MR) is 79.6 cm³/mol. The molecule has 0 saturated heterocycles. The van der Waals surface area contributed by atoms with Crippen molar-refractivity contribution in [2.24, 2.45) is 0 Å². The minimum absolute atomic E-state index is 0.128. The van der Waals surface area contributed by atoms with Crippen LogP contribution in [-0.2, 0) is 4.79 Å². The molecule has 0 aliphatic heterocycles. The zero-order chi connectivity index (χ0) is 15.9. The molecule has 0 heterocycles. The molecule has 1 amide bonds. The molecule has 0 bridgehead atoms. The predicted octanol–water partition coefficient (Wildman–Crippen LogP) is 2.95. The van der Waals surface area contributed by atoms with Gasteiger partial charge in [0.1, 0.15) is 11.6 Å². The first-order valence-electron chi connectivity index (χ1n) is 6.76. The monoisotopic (exact) mass is 298 g/mol. The van der Waals surface area contributed by atoms with E-state index in [9.17, 15) is 9.18 Å². The van der Waals surface area contributed by atoms with E-state index < -0.39 is 0 Å². The van der Waals surface area contributed by atoms with Crippen molar-refractivity contribution in [3.05, 3.63) is 65.5 Å². The first-order chi connectivity index (χ1) is 10.6. The van der Waals surface area contributed by atoms with E-state index >= 15 is 0 Å². The second-order valence-electron chi connectivity index (χ2n) is 4.77. The number of hydrogen-bond donors (Lipinski definition) is 1. The lowest BCUT2D eigenvalue weighted by atomic mass is 10.1. The largest absolute Gasteiger partial charge is 0.484 e. The van der Waals surface area contributed by atoms with Crippen molar-refractivity contribution in [2.45, 2.75) is 13.0 Å². The van der Waals surface area contributed by atoms with Gasteiger partial charge < -0.3 is 10.1 Å². The Morgan fingerprint density at radius 1 is 1.23 bits per heavy atom. The third kappa shape index (κ3) is 4.32. The van der Waals surface area contributed by atoms with Crippen LogP contribution < -0.4 is 10.1 Å². The van der Waals surface area contributed by atoms with Gasteiger partial charge in [-0.3, -0.25) is 4.79 Å². The highest BCUT2D eigenvalue weighted by atomic mass is 19.1. The second-order valence-corrected chi connectivity index (χ2v) is 4.77. The Labute approximate surface area is 128 Å². The van der Waals surface area contributed by atoms with E-state index in [1.165, 1.54) is 12.1 Å². The Hall–Kier alpha value is -2.87. The Bertz CT molecular complexity index is 675. The van der Waals surface area contributed by atoms with Crippen molar-refractivity contribution >= 4 is 5.91 Å². The molecule has 2 rings (SSSR count). The lowest BCUT2D eigenvalue weighted by Gasteiger charge is -2.14. The number of amides is 1. The number of benzene rings is 2.